The average molecular weight is 566 g/mol. The van der Waals surface area contributed by atoms with E-state index in [0.717, 1.165) is 33.2 Å². The molecule has 1 heterocycles. The van der Waals surface area contributed by atoms with E-state index in [-0.39, 0.29) is 13.2 Å². The minimum absolute atomic E-state index is 0.106. The number of anilines is 1. The second-order valence-electron chi connectivity index (χ2n) is 9.05. The molecule has 8 heteroatoms. The molecule has 1 atom stereocenters. The van der Waals surface area contributed by atoms with E-state index in [2.05, 4.69) is 0 Å². The Morgan fingerprint density at radius 1 is 0.921 bits per heavy atom. The fourth-order valence-electron chi connectivity index (χ4n) is 4.36. The van der Waals surface area contributed by atoms with Gasteiger partial charge in [0.15, 0.2) is 5.11 Å². The quantitative estimate of drug-likeness (QED) is 0.196. The van der Waals surface area contributed by atoms with Gasteiger partial charge in [0.1, 0.15) is 29.6 Å². The Kier molecular flexibility index (Phi) is 8.05. The van der Waals surface area contributed by atoms with Gasteiger partial charge in [-0.05, 0) is 60.2 Å². The van der Waals surface area contributed by atoms with Gasteiger partial charge in [0.25, 0.3) is 0 Å². The topological polar surface area (TPSA) is 49.1 Å². The number of thiocarbonyl (C=S) groups is 1. The lowest BCUT2D eigenvalue weighted by Crippen LogP contribution is -2.45. The molecule has 1 aromatic heterocycles. The van der Waals surface area contributed by atoms with Gasteiger partial charge in [-0.1, -0.05) is 71.7 Å². The summed E-state index contributed by atoms with van der Waals surface area (Å²) in [5.41, 5.74) is 3.43. The van der Waals surface area contributed by atoms with Crippen LogP contribution in [-0.4, -0.2) is 41.4 Å². The molecule has 1 unspecified atom stereocenters. The van der Waals surface area contributed by atoms with Gasteiger partial charge in [0.05, 0.1) is 17.3 Å². The van der Waals surface area contributed by atoms with Crippen LogP contribution in [0.1, 0.15) is 5.56 Å². The first-order valence-corrected chi connectivity index (χ1v) is 13.3. The maximum Gasteiger partial charge on any atom is 0.176 e. The zero-order chi connectivity index (χ0) is 26.6. The number of halogens is 2. The van der Waals surface area contributed by atoms with Gasteiger partial charge < -0.3 is 24.1 Å². The molecule has 0 aliphatic heterocycles. The Bertz CT molecular complexity index is 1570. The van der Waals surface area contributed by atoms with Gasteiger partial charge >= 0.3 is 0 Å². The minimum atomic E-state index is -0.783. The molecule has 0 radical (unpaired) electrons. The lowest BCUT2D eigenvalue weighted by Gasteiger charge is -2.33. The van der Waals surface area contributed by atoms with Crippen LogP contribution in [0.5, 0.6) is 5.75 Å². The Labute approximate surface area is 236 Å². The number of hydrogen-bond donors (Lipinski definition) is 1. The van der Waals surface area contributed by atoms with Crippen molar-refractivity contribution in [2.24, 2.45) is 0 Å². The number of hydrogen-bond acceptors (Lipinski definition) is 4. The van der Waals surface area contributed by atoms with Crippen LogP contribution in [0.15, 0.2) is 95.4 Å². The maximum absolute atomic E-state index is 10.8. The number of furan rings is 1. The van der Waals surface area contributed by atoms with Gasteiger partial charge in [0.2, 0.25) is 0 Å². The number of benzene rings is 4. The number of fused-ring (bicyclic) bond motifs is 3. The molecule has 0 saturated carbocycles. The highest BCUT2D eigenvalue weighted by Crippen LogP contribution is 2.32. The van der Waals surface area contributed by atoms with Crippen LogP contribution in [0, 0.1) is 0 Å². The number of likely N-dealkylation sites (N-methyl/N-ethyl adjacent to an activating group) is 1. The lowest BCUT2D eigenvalue weighted by molar-refractivity contribution is 0.0916. The van der Waals surface area contributed by atoms with Crippen molar-refractivity contribution in [2.75, 3.05) is 25.1 Å². The molecule has 1 N–H and O–H groups in total. The van der Waals surface area contributed by atoms with Crippen molar-refractivity contribution in [1.29, 1.82) is 0 Å². The first-order chi connectivity index (χ1) is 18.4. The number of nitrogens with zero attached hydrogens (tertiary/aromatic N) is 2. The highest BCUT2D eigenvalue weighted by Gasteiger charge is 2.21. The standard InChI is InChI=1S/C30H26Cl2N2O3S/c1-33(30(38)34(17-20-7-3-2-4-8-20)27-13-11-21(31)15-26(27)32)18-22(35)19-36-23-12-14-29-25(16-23)24-9-5-6-10-28(24)37-29/h2-16,22,35H,17-19H2,1H3. The molecule has 0 bridgehead atoms. The summed E-state index contributed by atoms with van der Waals surface area (Å²) in [4.78, 5) is 3.76. The van der Waals surface area contributed by atoms with Crippen molar-refractivity contribution < 1.29 is 14.3 Å². The van der Waals surface area contributed by atoms with Crippen LogP contribution in [0.3, 0.4) is 0 Å². The number of aliphatic hydroxyl groups is 1. The van der Waals surface area contributed by atoms with Gasteiger partial charge in [-0.3, -0.25) is 0 Å². The van der Waals surface area contributed by atoms with Crippen molar-refractivity contribution >= 4 is 68.2 Å². The monoisotopic (exact) mass is 564 g/mol. The molecule has 0 fully saturated rings. The third-order valence-electron chi connectivity index (χ3n) is 6.22. The molecule has 0 spiro atoms. The van der Waals surface area contributed by atoms with E-state index in [4.69, 9.17) is 44.6 Å². The predicted octanol–water partition coefficient (Wildman–Crippen LogP) is 7.56. The van der Waals surface area contributed by atoms with Crippen LogP contribution >= 0.6 is 35.4 Å². The Morgan fingerprint density at radius 3 is 2.45 bits per heavy atom. The van der Waals surface area contributed by atoms with Crippen LogP contribution in [0.4, 0.5) is 5.69 Å². The second kappa shape index (κ2) is 11.6. The van der Waals surface area contributed by atoms with E-state index < -0.39 is 6.10 Å². The molecule has 0 aliphatic carbocycles. The summed E-state index contributed by atoms with van der Waals surface area (Å²) in [7, 11) is 1.84. The van der Waals surface area contributed by atoms with Crippen molar-refractivity contribution in [3.8, 4) is 5.75 Å². The first-order valence-electron chi connectivity index (χ1n) is 12.1. The summed E-state index contributed by atoms with van der Waals surface area (Å²) in [5.74, 6) is 0.659. The normalized spacial score (nSPS) is 12.0. The van der Waals surface area contributed by atoms with Gasteiger partial charge in [-0.15, -0.1) is 0 Å². The first kappa shape index (κ1) is 26.3. The number of ether oxygens (including phenoxy) is 1. The third kappa shape index (κ3) is 5.89. The molecule has 5 rings (SSSR count). The van der Waals surface area contributed by atoms with Crippen LogP contribution < -0.4 is 9.64 Å². The highest BCUT2D eigenvalue weighted by atomic mass is 35.5. The van der Waals surface area contributed by atoms with E-state index in [9.17, 15) is 5.11 Å². The zero-order valence-corrected chi connectivity index (χ0v) is 23.0. The third-order valence-corrected chi connectivity index (χ3v) is 7.29. The van der Waals surface area contributed by atoms with E-state index in [1.807, 2.05) is 95.7 Å². The van der Waals surface area contributed by atoms with Crippen molar-refractivity contribution in [2.45, 2.75) is 12.6 Å². The summed E-state index contributed by atoms with van der Waals surface area (Å²) in [6.45, 7) is 0.886. The zero-order valence-electron chi connectivity index (χ0n) is 20.7. The van der Waals surface area contributed by atoms with Crippen molar-refractivity contribution in [3.05, 3.63) is 107 Å². The summed E-state index contributed by atoms with van der Waals surface area (Å²) < 4.78 is 11.8. The van der Waals surface area contributed by atoms with Crippen LogP contribution in [-0.2, 0) is 6.54 Å². The SMILES string of the molecule is CN(CC(O)COc1ccc2oc3ccccc3c2c1)C(=S)N(Cc1ccccc1)c1ccc(Cl)cc1Cl. The van der Waals surface area contributed by atoms with E-state index in [0.29, 0.717) is 27.5 Å². The van der Waals surface area contributed by atoms with E-state index in [1.54, 1.807) is 12.1 Å². The molecule has 38 heavy (non-hydrogen) atoms. The molecule has 5 aromatic rings. The maximum atomic E-state index is 10.8. The fraction of sp³-hybridized carbons (Fsp3) is 0.167. The lowest BCUT2D eigenvalue weighted by atomic mass is 10.1. The van der Waals surface area contributed by atoms with Crippen LogP contribution in [0.2, 0.25) is 10.0 Å². The molecule has 194 valence electrons. The summed E-state index contributed by atoms with van der Waals surface area (Å²) >= 11 is 18.5. The van der Waals surface area contributed by atoms with Gasteiger partial charge in [-0.2, -0.15) is 0 Å². The van der Waals surface area contributed by atoms with Crippen molar-refractivity contribution in [1.82, 2.24) is 4.90 Å². The molecule has 0 saturated heterocycles. The predicted molar refractivity (Wildman–Crippen MR) is 160 cm³/mol. The van der Waals surface area contributed by atoms with Gasteiger partial charge in [-0.25, -0.2) is 0 Å². The van der Waals surface area contributed by atoms with Crippen LogP contribution in [0.25, 0.3) is 21.9 Å². The molecule has 0 amide bonds. The summed E-state index contributed by atoms with van der Waals surface area (Å²) in [6.07, 6.45) is -0.783. The molecular formula is C30H26Cl2N2O3S. The average Bonchev–Trinajstić information content (AvgIpc) is 3.29. The van der Waals surface area contributed by atoms with Gasteiger partial charge in [0, 0.05) is 29.4 Å². The second-order valence-corrected chi connectivity index (χ2v) is 10.3. The van der Waals surface area contributed by atoms with E-state index >= 15 is 0 Å². The fourth-order valence-corrected chi connectivity index (χ4v) is 5.11. The smallest absolute Gasteiger partial charge is 0.176 e. The summed E-state index contributed by atoms with van der Waals surface area (Å²) in [5, 5.41) is 14.4. The Morgan fingerprint density at radius 2 is 1.66 bits per heavy atom. The van der Waals surface area contributed by atoms with E-state index in [1.165, 1.54) is 0 Å². The molecule has 5 nitrogen and oxygen atoms in total. The molecule has 0 aliphatic rings. The number of aliphatic hydroxyl groups excluding tert-OH is 1. The molecular weight excluding hydrogens is 539 g/mol. The largest absolute Gasteiger partial charge is 0.491 e. The van der Waals surface area contributed by atoms with Crippen molar-refractivity contribution in [3.63, 3.8) is 0 Å². The summed E-state index contributed by atoms with van der Waals surface area (Å²) in [6, 6.07) is 28.9. The number of para-hydroxylation sites is 1. The highest BCUT2D eigenvalue weighted by molar-refractivity contribution is 7.80. The minimum Gasteiger partial charge on any atom is -0.491 e. The molecule has 4 aromatic carbocycles. The number of rotatable bonds is 8. The Hall–Kier alpha value is -3.29. The Balaban J connectivity index is 1.27.